The molecule has 1 saturated heterocycles. The summed E-state index contributed by atoms with van der Waals surface area (Å²) in [6.07, 6.45) is 11.6. The number of hydrogen-bond acceptors (Lipinski definition) is 7. The highest BCUT2D eigenvalue weighted by atomic mass is 16.3. The molecule has 0 spiro atoms. The van der Waals surface area contributed by atoms with Crippen molar-refractivity contribution in [3.8, 4) is 17.3 Å². The molecule has 3 aromatic heterocycles. The van der Waals surface area contributed by atoms with Crippen LogP contribution in [0, 0.1) is 11.3 Å². The summed E-state index contributed by atoms with van der Waals surface area (Å²) in [4.78, 5) is 28.8. The van der Waals surface area contributed by atoms with Crippen LogP contribution in [0.3, 0.4) is 0 Å². The molecule has 2 amide bonds. The predicted molar refractivity (Wildman–Crippen MR) is 134 cm³/mol. The van der Waals surface area contributed by atoms with Gasteiger partial charge in [-0.3, -0.25) is 9.58 Å². The van der Waals surface area contributed by atoms with Crippen LogP contribution in [-0.2, 0) is 6.54 Å². The van der Waals surface area contributed by atoms with Gasteiger partial charge in [0.1, 0.15) is 12.0 Å². The molecule has 0 unspecified atom stereocenters. The lowest BCUT2D eigenvalue weighted by atomic mass is 10.1. The molecular formula is C25H33N9O2. The van der Waals surface area contributed by atoms with Crippen molar-refractivity contribution in [2.45, 2.75) is 63.3 Å². The maximum absolute atomic E-state index is 12.7. The highest BCUT2D eigenvalue weighted by molar-refractivity contribution is 5.89. The molecule has 3 N–H and O–H groups in total. The first kappa shape index (κ1) is 24.2. The van der Waals surface area contributed by atoms with Gasteiger partial charge in [0.05, 0.1) is 36.7 Å². The second kappa shape index (κ2) is 11.1. The van der Waals surface area contributed by atoms with E-state index in [2.05, 4.69) is 36.3 Å². The summed E-state index contributed by atoms with van der Waals surface area (Å²) in [7, 11) is 0. The Morgan fingerprint density at radius 3 is 2.92 bits per heavy atom. The second-order valence-corrected chi connectivity index (χ2v) is 9.69. The van der Waals surface area contributed by atoms with Crippen molar-refractivity contribution in [2.24, 2.45) is 0 Å². The number of urea groups is 1. The minimum absolute atomic E-state index is 0.0840. The lowest BCUT2D eigenvalue weighted by Gasteiger charge is -2.39. The number of fused-ring (bicyclic) bond motifs is 1. The molecule has 5 rings (SSSR count). The molecular weight excluding hydrogens is 458 g/mol. The summed E-state index contributed by atoms with van der Waals surface area (Å²) in [6, 6.07) is 4.21. The van der Waals surface area contributed by atoms with Gasteiger partial charge in [0.15, 0.2) is 0 Å². The molecule has 2 aliphatic rings. The number of H-pyrrole nitrogens is 1. The Hall–Kier alpha value is -3.49. The number of nitrogens with zero attached hydrogens (tertiary/aromatic N) is 7. The first-order valence-electron chi connectivity index (χ1n) is 12.8. The molecule has 4 heterocycles. The number of aliphatic hydroxyl groups is 1. The van der Waals surface area contributed by atoms with Crippen LogP contribution in [0.5, 0.6) is 0 Å². The normalized spacial score (nSPS) is 21.5. The predicted octanol–water partition coefficient (Wildman–Crippen LogP) is 2.12. The zero-order chi connectivity index (χ0) is 24.9. The first-order valence-corrected chi connectivity index (χ1v) is 12.8. The van der Waals surface area contributed by atoms with Gasteiger partial charge >= 0.3 is 6.03 Å². The number of amides is 2. The minimum Gasteiger partial charge on any atom is -0.391 e. The van der Waals surface area contributed by atoms with Crippen molar-refractivity contribution in [1.82, 2.24) is 39.8 Å². The van der Waals surface area contributed by atoms with E-state index in [9.17, 15) is 9.90 Å². The second-order valence-electron chi connectivity index (χ2n) is 9.69. The molecule has 1 saturated carbocycles. The van der Waals surface area contributed by atoms with E-state index in [1.165, 1.54) is 0 Å². The molecule has 0 bridgehead atoms. The standard InChI is InChI=1S/C25H33N9O2/c26-8-2-1-4-19(32-10-12-33(13-11-32)25(36)31-21-5-3-6-22(21)35)16-34-15-18(14-30-34)23-20-7-9-27-24(20)29-17-28-23/h7,9,14-15,17,19,21-22,35H,1-6,10-13,16H2,(H,31,36)(H,27,28,29)/t19-,21-,22-/m0/s1. The lowest BCUT2D eigenvalue weighted by Crippen LogP contribution is -2.56. The Balaban J connectivity index is 1.22. The number of nitriles is 1. The Labute approximate surface area is 210 Å². The number of aromatic amines is 1. The fourth-order valence-corrected chi connectivity index (χ4v) is 5.36. The van der Waals surface area contributed by atoms with Crippen molar-refractivity contribution in [3.05, 3.63) is 31.0 Å². The average molecular weight is 492 g/mol. The maximum Gasteiger partial charge on any atom is 0.317 e. The van der Waals surface area contributed by atoms with E-state index in [1.54, 1.807) is 6.33 Å². The van der Waals surface area contributed by atoms with Crippen LogP contribution in [0.15, 0.2) is 31.0 Å². The van der Waals surface area contributed by atoms with E-state index in [-0.39, 0.29) is 18.1 Å². The zero-order valence-electron chi connectivity index (χ0n) is 20.4. The first-order chi connectivity index (χ1) is 17.6. The maximum atomic E-state index is 12.7. The van der Waals surface area contributed by atoms with Crippen LogP contribution < -0.4 is 5.32 Å². The number of aliphatic hydroxyl groups excluding tert-OH is 1. The number of unbranched alkanes of at least 4 members (excludes halogenated alkanes) is 1. The van der Waals surface area contributed by atoms with E-state index in [0.717, 1.165) is 67.5 Å². The van der Waals surface area contributed by atoms with Gasteiger partial charge in [0.25, 0.3) is 0 Å². The summed E-state index contributed by atoms with van der Waals surface area (Å²) in [5.41, 5.74) is 2.58. The number of carbonyl (C=O) groups excluding carboxylic acids is 1. The van der Waals surface area contributed by atoms with Gasteiger partial charge in [0.2, 0.25) is 0 Å². The van der Waals surface area contributed by atoms with Crippen LogP contribution >= 0.6 is 0 Å². The molecule has 1 aliphatic carbocycles. The minimum atomic E-state index is -0.436. The molecule has 11 heteroatoms. The Bertz CT molecular complexity index is 1210. The van der Waals surface area contributed by atoms with E-state index >= 15 is 0 Å². The van der Waals surface area contributed by atoms with Crippen molar-refractivity contribution in [2.75, 3.05) is 26.2 Å². The molecule has 0 radical (unpaired) electrons. The van der Waals surface area contributed by atoms with Crippen LogP contribution in [-0.4, -0.2) is 90.0 Å². The van der Waals surface area contributed by atoms with E-state index < -0.39 is 6.10 Å². The molecule has 3 atom stereocenters. The summed E-state index contributed by atoms with van der Waals surface area (Å²) in [6.45, 7) is 3.51. The number of aromatic nitrogens is 5. The Morgan fingerprint density at radius 1 is 1.28 bits per heavy atom. The monoisotopic (exact) mass is 491 g/mol. The third-order valence-corrected chi connectivity index (χ3v) is 7.39. The van der Waals surface area contributed by atoms with Crippen molar-refractivity contribution >= 4 is 17.1 Å². The van der Waals surface area contributed by atoms with E-state index in [0.29, 0.717) is 26.1 Å². The van der Waals surface area contributed by atoms with Crippen molar-refractivity contribution < 1.29 is 9.90 Å². The summed E-state index contributed by atoms with van der Waals surface area (Å²) >= 11 is 0. The molecule has 1 aliphatic heterocycles. The zero-order valence-corrected chi connectivity index (χ0v) is 20.4. The number of nitrogens with one attached hydrogen (secondary N) is 2. The van der Waals surface area contributed by atoms with Crippen LogP contribution in [0.25, 0.3) is 22.3 Å². The Morgan fingerprint density at radius 2 is 2.14 bits per heavy atom. The molecule has 11 nitrogen and oxygen atoms in total. The average Bonchev–Trinajstić information content (AvgIpc) is 3.65. The van der Waals surface area contributed by atoms with Gasteiger partial charge in [-0.05, 0) is 38.2 Å². The van der Waals surface area contributed by atoms with E-state index in [1.807, 2.05) is 34.2 Å². The van der Waals surface area contributed by atoms with Crippen LogP contribution in [0.4, 0.5) is 4.79 Å². The summed E-state index contributed by atoms with van der Waals surface area (Å²) in [5.74, 6) is 0. The number of hydrogen-bond donors (Lipinski definition) is 3. The van der Waals surface area contributed by atoms with Gasteiger partial charge < -0.3 is 20.3 Å². The number of piperazine rings is 1. The molecule has 36 heavy (non-hydrogen) atoms. The summed E-state index contributed by atoms with van der Waals surface area (Å²) in [5, 5.41) is 27.7. The quantitative estimate of drug-likeness (QED) is 0.410. The van der Waals surface area contributed by atoms with Crippen molar-refractivity contribution in [3.63, 3.8) is 0 Å². The topological polar surface area (TPSA) is 139 Å². The Kier molecular flexibility index (Phi) is 7.44. The summed E-state index contributed by atoms with van der Waals surface area (Å²) < 4.78 is 1.95. The number of rotatable bonds is 8. The molecule has 2 fully saturated rings. The highest BCUT2D eigenvalue weighted by Crippen LogP contribution is 2.25. The largest absolute Gasteiger partial charge is 0.391 e. The highest BCUT2D eigenvalue weighted by Gasteiger charge is 2.31. The fraction of sp³-hybridized carbons (Fsp3) is 0.560. The van der Waals surface area contributed by atoms with Crippen LogP contribution in [0.1, 0.15) is 38.5 Å². The number of carbonyl (C=O) groups is 1. The van der Waals surface area contributed by atoms with Gasteiger partial charge in [0, 0.05) is 62.0 Å². The third kappa shape index (κ3) is 5.34. The molecule has 3 aromatic rings. The van der Waals surface area contributed by atoms with E-state index in [4.69, 9.17) is 5.26 Å². The van der Waals surface area contributed by atoms with Gasteiger partial charge in [-0.25, -0.2) is 14.8 Å². The fourth-order valence-electron chi connectivity index (χ4n) is 5.36. The molecule has 0 aromatic carbocycles. The van der Waals surface area contributed by atoms with Crippen molar-refractivity contribution in [1.29, 1.82) is 5.26 Å². The van der Waals surface area contributed by atoms with Gasteiger partial charge in [-0.15, -0.1) is 0 Å². The van der Waals surface area contributed by atoms with Gasteiger partial charge in [-0.1, -0.05) is 0 Å². The van der Waals surface area contributed by atoms with Gasteiger partial charge in [-0.2, -0.15) is 10.4 Å². The lowest BCUT2D eigenvalue weighted by molar-refractivity contribution is 0.0886. The smallest absolute Gasteiger partial charge is 0.317 e. The molecule has 190 valence electrons. The third-order valence-electron chi connectivity index (χ3n) is 7.39. The van der Waals surface area contributed by atoms with Crippen LogP contribution in [0.2, 0.25) is 0 Å². The SMILES string of the molecule is N#CCCC[C@@H](Cn1cc(-c2ncnc3[nH]ccc23)cn1)N1CCN(C(=O)N[C@H]2CCC[C@@H]2O)CC1.